The SMILES string of the molecule is COc1c(C)cc(Br)c(O)c1C(C)C. The van der Waals surface area contributed by atoms with Crippen LogP contribution in [0, 0.1) is 6.92 Å². The van der Waals surface area contributed by atoms with Gasteiger partial charge in [0.1, 0.15) is 11.5 Å². The van der Waals surface area contributed by atoms with Crippen LogP contribution in [-0.4, -0.2) is 12.2 Å². The maximum Gasteiger partial charge on any atom is 0.136 e. The lowest BCUT2D eigenvalue weighted by Gasteiger charge is -2.17. The Morgan fingerprint density at radius 3 is 2.43 bits per heavy atom. The summed E-state index contributed by atoms with van der Waals surface area (Å²) in [6, 6.07) is 1.86. The second-order valence-corrected chi connectivity index (χ2v) is 4.48. The average molecular weight is 259 g/mol. The number of ether oxygens (including phenoxy) is 1. The zero-order valence-corrected chi connectivity index (χ0v) is 10.5. The van der Waals surface area contributed by atoms with E-state index in [-0.39, 0.29) is 11.7 Å². The van der Waals surface area contributed by atoms with Gasteiger partial charge in [-0.15, -0.1) is 0 Å². The summed E-state index contributed by atoms with van der Waals surface area (Å²) in [6.45, 7) is 6.03. The molecular formula is C11H15BrO2. The van der Waals surface area contributed by atoms with Crippen molar-refractivity contribution in [2.75, 3.05) is 7.11 Å². The van der Waals surface area contributed by atoms with Crippen molar-refractivity contribution in [2.45, 2.75) is 26.7 Å². The Hall–Kier alpha value is -0.700. The molecule has 0 heterocycles. The molecule has 0 aliphatic carbocycles. The van der Waals surface area contributed by atoms with Crippen LogP contribution in [0.3, 0.4) is 0 Å². The first-order chi connectivity index (χ1) is 6.49. The van der Waals surface area contributed by atoms with E-state index in [2.05, 4.69) is 15.9 Å². The van der Waals surface area contributed by atoms with Gasteiger partial charge in [0, 0.05) is 5.56 Å². The molecule has 3 heteroatoms. The van der Waals surface area contributed by atoms with Crippen LogP contribution >= 0.6 is 15.9 Å². The molecule has 0 aliphatic heterocycles. The third kappa shape index (κ3) is 1.87. The Morgan fingerprint density at radius 1 is 1.43 bits per heavy atom. The number of hydrogen-bond acceptors (Lipinski definition) is 2. The van der Waals surface area contributed by atoms with Gasteiger partial charge in [-0.2, -0.15) is 0 Å². The highest BCUT2D eigenvalue weighted by molar-refractivity contribution is 9.10. The third-order valence-electron chi connectivity index (χ3n) is 2.21. The highest BCUT2D eigenvalue weighted by Crippen LogP contribution is 2.41. The summed E-state index contributed by atoms with van der Waals surface area (Å²) in [7, 11) is 1.63. The molecule has 1 N–H and O–H groups in total. The first-order valence-electron chi connectivity index (χ1n) is 4.55. The van der Waals surface area contributed by atoms with Crippen molar-refractivity contribution >= 4 is 15.9 Å². The van der Waals surface area contributed by atoms with Crippen LogP contribution in [0.1, 0.15) is 30.9 Å². The average Bonchev–Trinajstić information content (AvgIpc) is 2.10. The van der Waals surface area contributed by atoms with Gasteiger partial charge < -0.3 is 9.84 Å². The van der Waals surface area contributed by atoms with E-state index < -0.39 is 0 Å². The van der Waals surface area contributed by atoms with Crippen molar-refractivity contribution in [1.82, 2.24) is 0 Å². The Bertz CT molecular complexity index is 346. The molecule has 14 heavy (non-hydrogen) atoms. The van der Waals surface area contributed by atoms with Crippen molar-refractivity contribution in [3.63, 3.8) is 0 Å². The van der Waals surface area contributed by atoms with E-state index in [1.54, 1.807) is 7.11 Å². The summed E-state index contributed by atoms with van der Waals surface area (Å²) in [6.07, 6.45) is 0. The van der Waals surface area contributed by atoms with Gasteiger partial charge in [0.25, 0.3) is 0 Å². The molecule has 0 amide bonds. The first kappa shape index (κ1) is 11.4. The van der Waals surface area contributed by atoms with E-state index in [0.717, 1.165) is 21.3 Å². The van der Waals surface area contributed by atoms with Crippen LogP contribution in [0.2, 0.25) is 0 Å². The quantitative estimate of drug-likeness (QED) is 0.879. The molecule has 78 valence electrons. The van der Waals surface area contributed by atoms with Crippen LogP contribution in [-0.2, 0) is 0 Å². The summed E-state index contributed by atoms with van der Waals surface area (Å²) < 4.78 is 6.01. The van der Waals surface area contributed by atoms with Crippen LogP contribution < -0.4 is 4.74 Å². The van der Waals surface area contributed by atoms with Gasteiger partial charge in [-0.1, -0.05) is 13.8 Å². The highest BCUT2D eigenvalue weighted by Gasteiger charge is 2.17. The number of phenols is 1. The number of rotatable bonds is 2. The second-order valence-electron chi connectivity index (χ2n) is 3.63. The third-order valence-corrected chi connectivity index (χ3v) is 2.81. The molecule has 2 nitrogen and oxygen atoms in total. The second kappa shape index (κ2) is 4.22. The number of methoxy groups -OCH3 is 1. The first-order valence-corrected chi connectivity index (χ1v) is 5.34. The van der Waals surface area contributed by atoms with E-state index in [1.807, 2.05) is 26.8 Å². The number of benzene rings is 1. The van der Waals surface area contributed by atoms with Crippen LogP contribution in [0.25, 0.3) is 0 Å². The summed E-state index contributed by atoms with van der Waals surface area (Å²) in [5.74, 6) is 1.30. The zero-order chi connectivity index (χ0) is 10.9. The van der Waals surface area contributed by atoms with Crippen molar-refractivity contribution in [3.05, 3.63) is 21.7 Å². The molecule has 0 saturated carbocycles. The minimum absolute atomic E-state index is 0.237. The number of phenolic OH excluding ortho intramolecular Hbond substituents is 1. The van der Waals surface area contributed by atoms with E-state index in [0.29, 0.717) is 0 Å². The molecule has 1 aromatic rings. The lowest BCUT2D eigenvalue weighted by atomic mass is 9.98. The Kier molecular flexibility index (Phi) is 3.43. The van der Waals surface area contributed by atoms with Crippen molar-refractivity contribution in [2.24, 2.45) is 0 Å². The molecule has 0 unspecified atom stereocenters. The molecule has 0 radical (unpaired) electrons. The van der Waals surface area contributed by atoms with Crippen LogP contribution in [0.4, 0.5) is 0 Å². The fourth-order valence-electron chi connectivity index (χ4n) is 1.58. The van der Waals surface area contributed by atoms with Crippen molar-refractivity contribution in [3.8, 4) is 11.5 Å². The minimum Gasteiger partial charge on any atom is -0.506 e. The molecule has 0 aromatic heterocycles. The Balaban J connectivity index is 3.48. The minimum atomic E-state index is 0.237. The molecular weight excluding hydrogens is 244 g/mol. The maximum absolute atomic E-state index is 9.88. The normalized spacial score (nSPS) is 10.7. The van der Waals surface area contributed by atoms with Gasteiger partial charge in [-0.3, -0.25) is 0 Å². The maximum atomic E-state index is 9.88. The predicted octanol–water partition coefficient (Wildman–Crippen LogP) is 3.60. The highest BCUT2D eigenvalue weighted by atomic mass is 79.9. The van der Waals surface area contributed by atoms with Crippen molar-refractivity contribution < 1.29 is 9.84 Å². The standard InChI is InChI=1S/C11H15BrO2/c1-6(2)9-10(13)8(12)5-7(3)11(9)14-4/h5-6,13H,1-4H3. The number of aromatic hydroxyl groups is 1. The van der Waals surface area contributed by atoms with Gasteiger partial charge in [0.05, 0.1) is 11.6 Å². The number of hydrogen-bond donors (Lipinski definition) is 1. The van der Waals surface area contributed by atoms with Crippen molar-refractivity contribution in [1.29, 1.82) is 0 Å². The zero-order valence-electron chi connectivity index (χ0n) is 8.89. The van der Waals surface area contributed by atoms with E-state index in [9.17, 15) is 5.11 Å². The smallest absolute Gasteiger partial charge is 0.136 e. The molecule has 0 spiro atoms. The van der Waals surface area contributed by atoms with Gasteiger partial charge in [0.15, 0.2) is 0 Å². The molecule has 0 saturated heterocycles. The van der Waals surface area contributed by atoms with Crippen LogP contribution in [0.5, 0.6) is 11.5 Å². The fraction of sp³-hybridized carbons (Fsp3) is 0.455. The molecule has 0 aliphatic rings. The predicted molar refractivity (Wildman–Crippen MR) is 61.2 cm³/mol. The Labute approximate surface area is 93.0 Å². The molecule has 0 fully saturated rings. The summed E-state index contributed by atoms with van der Waals surface area (Å²) in [5.41, 5.74) is 1.89. The van der Waals surface area contributed by atoms with Crippen LogP contribution in [0.15, 0.2) is 10.5 Å². The van der Waals surface area contributed by atoms with Gasteiger partial charge in [-0.05, 0) is 40.4 Å². The monoisotopic (exact) mass is 258 g/mol. The Morgan fingerprint density at radius 2 is 2.00 bits per heavy atom. The number of halogens is 1. The largest absolute Gasteiger partial charge is 0.506 e. The fourth-order valence-corrected chi connectivity index (χ4v) is 2.14. The van der Waals surface area contributed by atoms with E-state index in [1.165, 1.54) is 0 Å². The van der Waals surface area contributed by atoms with Gasteiger partial charge in [0.2, 0.25) is 0 Å². The lowest BCUT2D eigenvalue weighted by molar-refractivity contribution is 0.392. The molecule has 1 aromatic carbocycles. The van der Waals surface area contributed by atoms with Gasteiger partial charge in [-0.25, -0.2) is 0 Å². The summed E-state index contributed by atoms with van der Waals surface area (Å²) in [5, 5.41) is 9.88. The molecule has 1 rings (SSSR count). The summed E-state index contributed by atoms with van der Waals surface area (Å²) in [4.78, 5) is 0. The topological polar surface area (TPSA) is 29.5 Å². The number of aryl methyl sites for hydroxylation is 1. The van der Waals surface area contributed by atoms with Gasteiger partial charge >= 0.3 is 0 Å². The van der Waals surface area contributed by atoms with E-state index >= 15 is 0 Å². The van der Waals surface area contributed by atoms with E-state index in [4.69, 9.17) is 4.74 Å². The molecule has 0 atom stereocenters. The lowest BCUT2D eigenvalue weighted by Crippen LogP contribution is -1.98. The molecule has 0 bridgehead atoms. The summed E-state index contributed by atoms with van der Waals surface area (Å²) >= 11 is 3.32.